The SMILES string of the molecule is Cc1ccc(OCc2cc(F)cc(Br)c2)c(C(C)O)c1. The average molecular weight is 339 g/mol. The van der Waals surface area contributed by atoms with Gasteiger partial charge in [-0.1, -0.05) is 27.6 Å². The summed E-state index contributed by atoms with van der Waals surface area (Å²) < 4.78 is 19.7. The van der Waals surface area contributed by atoms with Crippen molar-refractivity contribution >= 4 is 15.9 Å². The van der Waals surface area contributed by atoms with Crippen LogP contribution in [-0.2, 0) is 6.61 Å². The number of hydrogen-bond donors (Lipinski definition) is 1. The molecule has 1 N–H and O–H groups in total. The van der Waals surface area contributed by atoms with Gasteiger partial charge in [-0.15, -0.1) is 0 Å². The zero-order valence-corrected chi connectivity index (χ0v) is 12.9. The number of halogens is 2. The molecule has 0 bridgehead atoms. The number of aliphatic hydroxyl groups excluding tert-OH is 1. The van der Waals surface area contributed by atoms with E-state index in [9.17, 15) is 9.50 Å². The Morgan fingerprint density at radius 3 is 2.65 bits per heavy atom. The fourth-order valence-electron chi connectivity index (χ4n) is 1.98. The van der Waals surface area contributed by atoms with E-state index in [0.717, 1.165) is 16.7 Å². The smallest absolute Gasteiger partial charge is 0.125 e. The number of ether oxygens (including phenoxy) is 1. The van der Waals surface area contributed by atoms with Gasteiger partial charge in [0.05, 0.1) is 6.10 Å². The van der Waals surface area contributed by atoms with Gasteiger partial charge in [0.15, 0.2) is 0 Å². The van der Waals surface area contributed by atoms with E-state index < -0.39 is 6.10 Å². The van der Waals surface area contributed by atoms with Crippen molar-refractivity contribution in [3.8, 4) is 5.75 Å². The molecule has 20 heavy (non-hydrogen) atoms. The van der Waals surface area contributed by atoms with Crippen LogP contribution < -0.4 is 4.74 Å². The highest BCUT2D eigenvalue weighted by atomic mass is 79.9. The molecular formula is C16H16BrFO2. The fourth-order valence-corrected chi connectivity index (χ4v) is 2.49. The van der Waals surface area contributed by atoms with Gasteiger partial charge >= 0.3 is 0 Å². The number of benzene rings is 2. The first-order valence-corrected chi connectivity index (χ1v) is 7.11. The van der Waals surface area contributed by atoms with Crippen LogP contribution in [0.15, 0.2) is 40.9 Å². The normalized spacial score (nSPS) is 12.2. The Labute approximate surface area is 126 Å². The molecule has 0 aliphatic rings. The van der Waals surface area contributed by atoms with Crippen LogP contribution >= 0.6 is 15.9 Å². The Kier molecular flexibility index (Phi) is 4.78. The van der Waals surface area contributed by atoms with Crippen molar-refractivity contribution in [2.45, 2.75) is 26.6 Å². The number of aryl methyl sites for hydroxylation is 1. The van der Waals surface area contributed by atoms with Gasteiger partial charge in [-0.2, -0.15) is 0 Å². The van der Waals surface area contributed by atoms with E-state index in [4.69, 9.17) is 4.74 Å². The molecule has 0 aliphatic heterocycles. The lowest BCUT2D eigenvalue weighted by Gasteiger charge is -2.14. The Morgan fingerprint density at radius 1 is 1.25 bits per heavy atom. The molecule has 0 aromatic heterocycles. The summed E-state index contributed by atoms with van der Waals surface area (Å²) in [7, 11) is 0. The van der Waals surface area contributed by atoms with Gasteiger partial charge < -0.3 is 9.84 Å². The molecule has 0 heterocycles. The Balaban J connectivity index is 2.18. The van der Waals surface area contributed by atoms with Crippen LogP contribution in [0.1, 0.15) is 29.7 Å². The number of rotatable bonds is 4. The predicted molar refractivity (Wildman–Crippen MR) is 80.2 cm³/mol. The molecule has 2 nitrogen and oxygen atoms in total. The van der Waals surface area contributed by atoms with E-state index in [-0.39, 0.29) is 12.4 Å². The van der Waals surface area contributed by atoms with Crippen LogP contribution in [0.4, 0.5) is 4.39 Å². The second-order valence-corrected chi connectivity index (χ2v) is 5.70. The van der Waals surface area contributed by atoms with Crippen molar-refractivity contribution < 1.29 is 14.2 Å². The first-order valence-electron chi connectivity index (χ1n) is 6.32. The van der Waals surface area contributed by atoms with Crippen LogP contribution in [0.3, 0.4) is 0 Å². The summed E-state index contributed by atoms with van der Waals surface area (Å²) in [5.41, 5.74) is 2.52. The third-order valence-electron chi connectivity index (χ3n) is 2.93. The molecule has 0 saturated heterocycles. The molecule has 1 atom stereocenters. The van der Waals surface area contributed by atoms with E-state index in [2.05, 4.69) is 15.9 Å². The largest absolute Gasteiger partial charge is 0.489 e. The van der Waals surface area contributed by atoms with Crippen LogP contribution in [0.25, 0.3) is 0 Å². The molecule has 0 saturated carbocycles. The first-order chi connectivity index (χ1) is 9.45. The van der Waals surface area contributed by atoms with Crippen molar-refractivity contribution in [2.75, 3.05) is 0 Å². The summed E-state index contributed by atoms with van der Waals surface area (Å²) in [5, 5.41) is 9.77. The van der Waals surface area contributed by atoms with Gasteiger partial charge in [0.25, 0.3) is 0 Å². The maximum atomic E-state index is 13.3. The fraction of sp³-hybridized carbons (Fsp3) is 0.250. The zero-order valence-electron chi connectivity index (χ0n) is 11.4. The van der Waals surface area contributed by atoms with Crippen molar-refractivity contribution in [2.24, 2.45) is 0 Å². The van der Waals surface area contributed by atoms with Gasteiger partial charge in [0.2, 0.25) is 0 Å². The summed E-state index contributed by atoms with van der Waals surface area (Å²) in [4.78, 5) is 0. The summed E-state index contributed by atoms with van der Waals surface area (Å²) in [6, 6.07) is 10.3. The molecule has 2 aromatic rings. The summed E-state index contributed by atoms with van der Waals surface area (Å²) in [5.74, 6) is 0.309. The van der Waals surface area contributed by atoms with Crippen LogP contribution in [0.5, 0.6) is 5.75 Å². The molecule has 0 fully saturated rings. The first kappa shape index (κ1) is 15.0. The Morgan fingerprint density at radius 2 is 2.00 bits per heavy atom. The second-order valence-electron chi connectivity index (χ2n) is 4.78. The van der Waals surface area contributed by atoms with Crippen molar-refractivity contribution in [3.63, 3.8) is 0 Å². The summed E-state index contributed by atoms with van der Waals surface area (Å²) >= 11 is 3.25. The molecule has 0 spiro atoms. The second kappa shape index (κ2) is 6.37. The van der Waals surface area contributed by atoms with E-state index in [1.54, 1.807) is 13.0 Å². The molecule has 0 amide bonds. The minimum Gasteiger partial charge on any atom is -0.489 e. The number of aliphatic hydroxyl groups is 1. The Hall–Kier alpha value is -1.39. The maximum absolute atomic E-state index is 13.3. The van der Waals surface area contributed by atoms with Crippen molar-refractivity contribution in [1.29, 1.82) is 0 Å². The molecule has 106 valence electrons. The molecule has 1 unspecified atom stereocenters. The van der Waals surface area contributed by atoms with Gasteiger partial charge in [-0.05, 0) is 49.7 Å². The zero-order chi connectivity index (χ0) is 14.7. The monoisotopic (exact) mass is 338 g/mol. The molecule has 0 radical (unpaired) electrons. The van der Waals surface area contributed by atoms with Crippen LogP contribution in [0.2, 0.25) is 0 Å². The summed E-state index contributed by atoms with van der Waals surface area (Å²) in [6.45, 7) is 3.90. The molecular weight excluding hydrogens is 323 g/mol. The minimum atomic E-state index is -0.607. The molecule has 2 aromatic carbocycles. The van der Waals surface area contributed by atoms with Gasteiger partial charge in [0, 0.05) is 10.0 Å². The van der Waals surface area contributed by atoms with Gasteiger partial charge in [-0.25, -0.2) is 4.39 Å². The molecule has 2 rings (SSSR count). The lowest BCUT2D eigenvalue weighted by Crippen LogP contribution is -2.02. The topological polar surface area (TPSA) is 29.5 Å². The van der Waals surface area contributed by atoms with Gasteiger partial charge in [0.1, 0.15) is 18.2 Å². The number of hydrogen-bond acceptors (Lipinski definition) is 2. The van der Waals surface area contributed by atoms with E-state index in [1.807, 2.05) is 25.1 Å². The predicted octanol–water partition coefficient (Wildman–Crippen LogP) is 4.53. The third-order valence-corrected chi connectivity index (χ3v) is 3.39. The highest BCUT2D eigenvalue weighted by molar-refractivity contribution is 9.10. The quantitative estimate of drug-likeness (QED) is 0.887. The van der Waals surface area contributed by atoms with E-state index in [1.165, 1.54) is 12.1 Å². The molecule has 0 aliphatic carbocycles. The average Bonchev–Trinajstić information content (AvgIpc) is 2.36. The van der Waals surface area contributed by atoms with Crippen LogP contribution in [0, 0.1) is 12.7 Å². The standard InChI is InChI=1S/C16H16BrFO2/c1-10-3-4-16(15(5-10)11(2)19)20-9-12-6-13(17)8-14(18)7-12/h3-8,11,19H,9H2,1-2H3. The lowest BCUT2D eigenvalue weighted by atomic mass is 10.1. The van der Waals surface area contributed by atoms with Crippen molar-refractivity contribution in [1.82, 2.24) is 0 Å². The van der Waals surface area contributed by atoms with Crippen molar-refractivity contribution in [3.05, 3.63) is 63.4 Å². The van der Waals surface area contributed by atoms with E-state index in [0.29, 0.717) is 10.2 Å². The molecule has 4 heteroatoms. The summed E-state index contributed by atoms with van der Waals surface area (Å²) in [6.07, 6.45) is -0.607. The highest BCUT2D eigenvalue weighted by Gasteiger charge is 2.10. The Bertz CT molecular complexity index is 591. The lowest BCUT2D eigenvalue weighted by molar-refractivity contribution is 0.190. The van der Waals surface area contributed by atoms with E-state index >= 15 is 0 Å². The maximum Gasteiger partial charge on any atom is 0.125 e. The van der Waals surface area contributed by atoms with Gasteiger partial charge in [-0.3, -0.25) is 0 Å². The third kappa shape index (κ3) is 3.81. The minimum absolute atomic E-state index is 0.249. The van der Waals surface area contributed by atoms with Crippen LogP contribution in [-0.4, -0.2) is 5.11 Å². The highest BCUT2D eigenvalue weighted by Crippen LogP contribution is 2.27.